The van der Waals surface area contributed by atoms with E-state index in [0.717, 1.165) is 16.7 Å². The molecule has 0 fully saturated rings. The van der Waals surface area contributed by atoms with Crippen molar-refractivity contribution in [1.82, 2.24) is 0 Å². The number of benzene rings is 2. The Balaban J connectivity index is 2.37. The van der Waals surface area contributed by atoms with Gasteiger partial charge in [-0.1, -0.05) is 30.3 Å². The summed E-state index contributed by atoms with van der Waals surface area (Å²) in [5.41, 5.74) is 15.2. The number of methoxy groups -OCH3 is 1. The van der Waals surface area contributed by atoms with Crippen molar-refractivity contribution in [2.24, 2.45) is 5.73 Å². The minimum Gasteiger partial charge on any atom is -0.465 e. The Bertz CT molecular complexity index is 834. The lowest BCUT2D eigenvalue weighted by atomic mass is 10.00. The van der Waals surface area contributed by atoms with Crippen molar-refractivity contribution in [2.45, 2.75) is 20.5 Å². The number of carbonyl (C=O) groups is 2. The Morgan fingerprint density at radius 2 is 1.58 bits per heavy atom. The standard InChI is InChI=1S/C20H22N2O4/c1-12-9-15(10-13(2)17(12)21)18(22)16(19(23)25-3)20(24)26-11-14-7-5-4-6-8-14/h4-10H,11,21-22H2,1-3H3. The molecule has 136 valence electrons. The summed E-state index contributed by atoms with van der Waals surface area (Å²) in [5.74, 6) is -1.70. The second-order valence-corrected chi connectivity index (χ2v) is 5.87. The number of rotatable bonds is 5. The van der Waals surface area contributed by atoms with E-state index in [4.69, 9.17) is 20.9 Å². The van der Waals surface area contributed by atoms with Crippen LogP contribution in [0.3, 0.4) is 0 Å². The molecule has 6 nitrogen and oxygen atoms in total. The first-order valence-corrected chi connectivity index (χ1v) is 8.01. The van der Waals surface area contributed by atoms with Crippen LogP contribution in [0.4, 0.5) is 5.69 Å². The molecule has 2 aromatic rings. The molecular formula is C20H22N2O4. The van der Waals surface area contributed by atoms with Crippen LogP contribution in [0.5, 0.6) is 0 Å². The van der Waals surface area contributed by atoms with Crippen molar-refractivity contribution in [3.8, 4) is 0 Å². The molecule has 0 heterocycles. The fourth-order valence-electron chi connectivity index (χ4n) is 2.48. The van der Waals surface area contributed by atoms with Gasteiger partial charge in [-0.3, -0.25) is 0 Å². The monoisotopic (exact) mass is 354 g/mol. The lowest BCUT2D eigenvalue weighted by Crippen LogP contribution is -2.21. The summed E-state index contributed by atoms with van der Waals surface area (Å²) in [4.78, 5) is 24.6. The minimum atomic E-state index is -0.854. The second-order valence-electron chi connectivity index (χ2n) is 5.87. The highest BCUT2D eigenvalue weighted by Gasteiger charge is 2.26. The van der Waals surface area contributed by atoms with Crippen LogP contribution in [0.1, 0.15) is 22.3 Å². The molecule has 0 atom stereocenters. The van der Waals surface area contributed by atoms with Crippen LogP contribution in [-0.4, -0.2) is 19.0 Å². The van der Waals surface area contributed by atoms with Gasteiger partial charge in [-0.15, -0.1) is 0 Å². The van der Waals surface area contributed by atoms with E-state index in [1.807, 2.05) is 44.2 Å². The van der Waals surface area contributed by atoms with E-state index in [1.165, 1.54) is 7.11 Å². The van der Waals surface area contributed by atoms with Crippen molar-refractivity contribution in [1.29, 1.82) is 0 Å². The number of hydrogen-bond acceptors (Lipinski definition) is 6. The first-order chi connectivity index (χ1) is 12.3. The van der Waals surface area contributed by atoms with Crippen LogP contribution >= 0.6 is 0 Å². The first-order valence-electron chi connectivity index (χ1n) is 8.01. The molecule has 4 N–H and O–H groups in total. The molecule has 0 radical (unpaired) electrons. The molecule has 2 rings (SSSR count). The van der Waals surface area contributed by atoms with Crippen molar-refractivity contribution >= 4 is 23.3 Å². The third-order valence-electron chi connectivity index (χ3n) is 3.98. The molecule has 6 heteroatoms. The summed E-state index contributed by atoms with van der Waals surface area (Å²) < 4.78 is 9.95. The topological polar surface area (TPSA) is 105 Å². The maximum atomic E-state index is 12.5. The van der Waals surface area contributed by atoms with Crippen LogP contribution in [-0.2, 0) is 25.7 Å². The Hall–Kier alpha value is -3.28. The quantitative estimate of drug-likeness (QED) is 0.281. The summed E-state index contributed by atoms with van der Waals surface area (Å²) in [7, 11) is 1.18. The van der Waals surface area contributed by atoms with Gasteiger partial charge in [0.25, 0.3) is 0 Å². The number of nitrogen functional groups attached to an aromatic ring is 1. The number of carbonyl (C=O) groups excluding carboxylic acids is 2. The van der Waals surface area contributed by atoms with Crippen LogP contribution in [0.25, 0.3) is 5.70 Å². The van der Waals surface area contributed by atoms with Gasteiger partial charge in [-0.25, -0.2) is 9.59 Å². The smallest absolute Gasteiger partial charge is 0.348 e. The maximum Gasteiger partial charge on any atom is 0.348 e. The van der Waals surface area contributed by atoms with E-state index in [9.17, 15) is 9.59 Å². The van der Waals surface area contributed by atoms with Crippen molar-refractivity contribution in [2.75, 3.05) is 12.8 Å². The second kappa shape index (κ2) is 8.20. The average molecular weight is 354 g/mol. The zero-order chi connectivity index (χ0) is 19.3. The molecular weight excluding hydrogens is 332 g/mol. The van der Waals surface area contributed by atoms with Crippen molar-refractivity contribution < 1.29 is 19.1 Å². The molecule has 0 saturated heterocycles. The van der Waals surface area contributed by atoms with Crippen LogP contribution < -0.4 is 11.5 Å². The number of aryl methyl sites for hydroxylation is 2. The summed E-state index contributed by atoms with van der Waals surface area (Å²) >= 11 is 0. The third-order valence-corrected chi connectivity index (χ3v) is 3.98. The fraction of sp³-hybridized carbons (Fsp3) is 0.200. The highest BCUT2D eigenvalue weighted by molar-refractivity contribution is 6.19. The lowest BCUT2D eigenvalue weighted by molar-refractivity contribution is -0.146. The molecule has 0 aliphatic rings. The SMILES string of the molecule is COC(=O)C(C(=O)OCc1ccccc1)=C(N)c1cc(C)c(N)c(C)c1. The fourth-order valence-corrected chi connectivity index (χ4v) is 2.48. The van der Waals surface area contributed by atoms with Gasteiger partial charge in [0, 0.05) is 5.69 Å². The number of hydrogen-bond donors (Lipinski definition) is 2. The summed E-state index contributed by atoms with van der Waals surface area (Å²) in [6.45, 7) is 3.67. The van der Waals surface area contributed by atoms with Crippen LogP contribution in [0.15, 0.2) is 48.0 Å². The van der Waals surface area contributed by atoms with Crippen molar-refractivity contribution in [3.63, 3.8) is 0 Å². The van der Waals surface area contributed by atoms with Gasteiger partial charge in [-0.05, 0) is 48.2 Å². The molecule has 0 spiro atoms. The van der Waals surface area contributed by atoms with E-state index in [2.05, 4.69) is 0 Å². The van der Waals surface area contributed by atoms with Crippen molar-refractivity contribution in [3.05, 3.63) is 70.3 Å². The van der Waals surface area contributed by atoms with Gasteiger partial charge in [0.2, 0.25) is 0 Å². The molecule has 0 aromatic heterocycles. The number of nitrogens with two attached hydrogens (primary N) is 2. The molecule has 0 bridgehead atoms. The van der Waals surface area contributed by atoms with Gasteiger partial charge >= 0.3 is 11.9 Å². The third kappa shape index (κ3) is 4.22. The molecule has 0 aliphatic carbocycles. The predicted molar refractivity (Wildman–Crippen MR) is 99.7 cm³/mol. The van der Waals surface area contributed by atoms with Gasteiger partial charge in [0.15, 0.2) is 5.57 Å². The Kier molecular flexibility index (Phi) is 6.01. The normalized spacial score (nSPS) is 11.5. The molecule has 0 amide bonds. The van der Waals surface area contributed by atoms with Gasteiger partial charge < -0.3 is 20.9 Å². The Labute approximate surface area is 152 Å². The highest BCUT2D eigenvalue weighted by Crippen LogP contribution is 2.24. The maximum absolute atomic E-state index is 12.5. The minimum absolute atomic E-state index is 0.0129. The molecule has 0 unspecified atom stereocenters. The lowest BCUT2D eigenvalue weighted by Gasteiger charge is -2.13. The van der Waals surface area contributed by atoms with Crippen LogP contribution in [0.2, 0.25) is 0 Å². The molecule has 0 saturated carbocycles. The number of ether oxygens (including phenoxy) is 2. The van der Waals surface area contributed by atoms with Gasteiger partial charge in [0.05, 0.1) is 12.8 Å². The number of anilines is 1. The molecule has 0 aliphatic heterocycles. The van der Waals surface area contributed by atoms with E-state index in [0.29, 0.717) is 11.3 Å². The zero-order valence-corrected chi connectivity index (χ0v) is 15.0. The van der Waals surface area contributed by atoms with Crippen LogP contribution in [0, 0.1) is 13.8 Å². The van der Waals surface area contributed by atoms with E-state index in [-0.39, 0.29) is 17.9 Å². The summed E-state index contributed by atoms with van der Waals surface area (Å²) in [6.07, 6.45) is 0. The highest BCUT2D eigenvalue weighted by atomic mass is 16.5. The molecule has 2 aromatic carbocycles. The first kappa shape index (κ1) is 19.1. The average Bonchev–Trinajstić information content (AvgIpc) is 2.64. The van der Waals surface area contributed by atoms with E-state index >= 15 is 0 Å². The van der Waals surface area contributed by atoms with Gasteiger partial charge in [0.1, 0.15) is 6.61 Å². The van der Waals surface area contributed by atoms with Gasteiger partial charge in [-0.2, -0.15) is 0 Å². The summed E-state index contributed by atoms with van der Waals surface area (Å²) in [6, 6.07) is 12.6. The Morgan fingerprint density at radius 3 is 2.12 bits per heavy atom. The van der Waals surface area contributed by atoms with E-state index < -0.39 is 11.9 Å². The molecule has 26 heavy (non-hydrogen) atoms. The summed E-state index contributed by atoms with van der Waals surface area (Å²) in [5, 5.41) is 0. The predicted octanol–water partition coefficient (Wildman–Crippen LogP) is 2.47. The largest absolute Gasteiger partial charge is 0.465 e. The van der Waals surface area contributed by atoms with E-state index in [1.54, 1.807) is 12.1 Å². The number of esters is 2. The zero-order valence-electron chi connectivity index (χ0n) is 15.0. The Morgan fingerprint density at radius 1 is 1.00 bits per heavy atom.